The standard InChI is InChI=1S/C13H18O3/c1-9(2)16-13-7-5-6-12(15-4)11(13)8-10(3)14/h5-7,9H,8H2,1-4H3. The summed E-state index contributed by atoms with van der Waals surface area (Å²) in [5.74, 6) is 1.52. The molecule has 1 aromatic carbocycles. The summed E-state index contributed by atoms with van der Waals surface area (Å²) in [5.41, 5.74) is 0.825. The Morgan fingerprint density at radius 2 is 1.94 bits per heavy atom. The summed E-state index contributed by atoms with van der Waals surface area (Å²) < 4.78 is 10.9. The Bertz CT molecular complexity index is 369. The van der Waals surface area contributed by atoms with Crippen LogP contribution >= 0.6 is 0 Å². The van der Waals surface area contributed by atoms with Gasteiger partial charge in [-0.1, -0.05) is 6.07 Å². The van der Waals surface area contributed by atoms with Gasteiger partial charge in [0.1, 0.15) is 17.3 Å². The molecule has 0 heterocycles. The van der Waals surface area contributed by atoms with Gasteiger partial charge in [0.2, 0.25) is 0 Å². The first-order valence-electron chi connectivity index (χ1n) is 5.36. The van der Waals surface area contributed by atoms with Crippen molar-refractivity contribution in [2.24, 2.45) is 0 Å². The lowest BCUT2D eigenvalue weighted by Crippen LogP contribution is -2.09. The summed E-state index contributed by atoms with van der Waals surface area (Å²) in [4.78, 5) is 11.2. The molecular weight excluding hydrogens is 204 g/mol. The van der Waals surface area contributed by atoms with Gasteiger partial charge < -0.3 is 9.47 Å². The van der Waals surface area contributed by atoms with Gasteiger partial charge in [-0.2, -0.15) is 0 Å². The van der Waals surface area contributed by atoms with Gasteiger partial charge >= 0.3 is 0 Å². The second kappa shape index (κ2) is 5.54. The highest BCUT2D eigenvalue weighted by atomic mass is 16.5. The first kappa shape index (κ1) is 12.6. The minimum Gasteiger partial charge on any atom is -0.496 e. The highest BCUT2D eigenvalue weighted by Gasteiger charge is 2.13. The zero-order valence-corrected chi connectivity index (χ0v) is 10.2. The van der Waals surface area contributed by atoms with Crippen LogP contribution in [0.2, 0.25) is 0 Å². The fourth-order valence-electron chi connectivity index (χ4n) is 1.52. The van der Waals surface area contributed by atoms with E-state index in [1.807, 2.05) is 32.0 Å². The molecule has 0 spiro atoms. The number of methoxy groups -OCH3 is 1. The first-order valence-corrected chi connectivity index (χ1v) is 5.36. The molecule has 0 saturated heterocycles. The highest BCUT2D eigenvalue weighted by molar-refractivity contribution is 5.80. The predicted octanol–water partition coefficient (Wildman–Crippen LogP) is 2.61. The van der Waals surface area contributed by atoms with Crippen LogP contribution in [0.3, 0.4) is 0 Å². The van der Waals surface area contributed by atoms with Gasteiger partial charge in [-0.3, -0.25) is 4.79 Å². The fourth-order valence-corrected chi connectivity index (χ4v) is 1.52. The van der Waals surface area contributed by atoms with Crippen LogP contribution in [0.5, 0.6) is 11.5 Å². The number of hydrogen-bond donors (Lipinski definition) is 0. The van der Waals surface area contributed by atoms with E-state index < -0.39 is 0 Å². The van der Waals surface area contributed by atoms with Crippen molar-refractivity contribution in [3.05, 3.63) is 23.8 Å². The van der Waals surface area contributed by atoms with E-state index in [9.17, 15) is 4.79 Å². The third-order valence-electron chi connectivity index (χ3n) is 2.10. The normalized spacial score (nSPS) is 10.3. The van der Waals surface area contributed by atoms with Crippen LogP contribution in [0.25, 0.3) is 0 Å². The van der Waals surface area contributed by atoms with Gasteiger partial charge in [0.25, 0.3) is 0 Å². The van der Waals surface area contributed by atoms with Crippen LogP contribution < -0.4 is 9.47 Å². The molecule has 16 heavy (non-hydrogen) atoms. The van der Waals surface area contributed by atoms with Gasteiger partial charge in [-0.25, -0.2) is 0 Å². The maximum atomic E-state index is 11.2. The maximum absolute atomic E-state index is 11.2. The average molecular weight is 222 g/mol. The summed E-state index contributed by atoms with van der Waals surface area (Å²) in [6.45, 7) is 5.47. The lowest BCUT2D eigenvalue weighted by atomic mass is 10.1. The molecule has 0 aliphatic heterocycles. The van der Waals surface area contributed by atoms with Gasteiger partial charge in [-0.05, 0) is 32.9 Å². The van der Waals surface area contributed by atoms with E-state index in [0.717, 1.165) is 11.3 Å². The van der Waals surface area contributed by atoms with Crippen molar-refractivity contribution in [1.82, 2.24) is 0 Å². The van der Waals surface area contributed by atoms with E-state index in [0.29, 0.717) is 12.2 Å². The second-order valence-corrected chi connectivity index (χ2v) is 3.98. The van der Waals surface area contributed by atoms with Gasteiger partial charge in [-0.15, -0.1) is 0 Å². The minimum absolute atomic E-state index is 0.0813. The van der Waals surface area contributed by atoms with Gasteiger partial charge in [0, 0.05) is 12.0 Å². The molecule has 3 heteroatoms. The molecule has 0 saturated carbocycles. The van der Waals surface area contributed by atoms with E-state index in [2.05, 4.69) is 0 Å². The number of ether oxygens (including phenoxy) is 2. The SMILES string of the molecule is COc1cccc(OC(C)C)c1CC(C)=O. The van der Waals surface area contributed by atoms with E-state index in [1.165, 1.54) is 0 Å². The van der Waals surface area contributed by atoms with Crippen molar-refractivity contribution in [3.63, 3.8) is 0 Å². The molecule has 1 aromatic rings. The number of carbonyl (C=O) groups is 1. The largest absolute Gasteiger partial charge is 0.496 e. The quantitative estimate of drug-likeness (QED) is 0.768. The van der Waals surface area contributed by atoms with E-state index in [4.69, 9.17) is 9.47 Å². The van der Waals surface area contributed by atoms with Crippen molar-refractivity contribution < 1.29 is 14.3 Å². The second-order valence-electron chi connectivity index (χ2n) is 3.98. The van der Waals surface area contributed by atoms with Crippen molar-refractivity contribution >= 4 is 5.78 Å². The molecule has 1 rings (SSSR count). The molecular formula is C13H18O3. The van der Waals surface area contributed by atoms with Crippen LogP contribution in [0.1, 0.15) is 26.3 Å². The summed E-state index contributed by atoms with van der Waals surface area (Å²) in [7, 11) is 1.60. The third kappa shape index (κ3) is 3.26. The maximum Gasteiger partial charge on any atom is 0.134 e. The topological polar surface area (TPSA) is 35.5 Å². The molecule has 0 bridgehead atoms. The van der Waals surface area contributed by atoms with Crippen LogP contribution in [-0.2, 0) is 11.2 Å². The minimum atomic E-state index is 0.0813. The van der Waals surface area contributed by atoms with Gasteiger partial charge in [0.15, 0.2) is 0 Å². The first-order chi connectivity index (χ1) is 7.54. The van der Waals surface area contributed by atoms with Crippen LogP contribution in [-0.4, -0.2) is 19.0 Å². The molecule has 0 atom stereocenters. The molecule has 0 aliphatic rings. The van der Waals surface area contributed by atoms with E-state index in [-0.39, 0.29) is 11.9 Å². The molecule has 0 radical (unpaired) electrons. The molecule has 0 aliphatic carbocycles. The molecule has 0 amide bonds. The van der Waals surface area contributed by atoms with Crippen LogP contribution in [0.4, 0.5) is 0 Å². The lowest BCUT2D eigenvalue weighted by molar-refractivity contribution is -0.116. The fraction of sp³-hybridized carbons (Fsp3) is 0.462. The van der Waals surface area contributed by atoms with Crippen LogP contribution in [0.15, 0.2) is 18.2 Å². The Balaban J connectivity index is 3.09. The smallest absolute Gasteiger partial charge is 0.134 e. The zero-order valence-electron chi connectivity index (χ0n) is 10.2. The number of rotatable bonds is 5. The Labute approximate surface area is 96.4 Å². The Morgan fingerprint density at radius 3 is 2.44 bits per heavy atom. The van der Waals surface area contributed by atoms with Crippen molar-refractivity contribution in [1.29, 1.82) is 0 Å². The third-order valence-corrected chi connectivity index (χ3v) is 2.10. The number of benzene rings is 1. The monoisotopic (exact) mass is 222 g/mol. The average Bonchev–Trinajstić information content (AvgIpc) is 2.19. The predicted molar refractivity (Wildman–Crippen MR) is 63.1 cm³/mol. The van der Waals surface area contributed by atoms with E-state index in [1.54, 1.807) is 14.0 Å². The van der Waals surface area contributed by atoms with Crippen LogP contribution in [0, 0.1) is 0 Å². The Morgan fingerprint density at radius 1 is 1.31 bits per heavy atom. The Hall–Kier alpha value is -1.51. The highest BCUT2D eigenvalue weighted by Crippen LogP contribution is 2.29. The number of Topliss-reactive ketones (excluding diaryl/α,β-unsaturated/α-hetero) is 1. The molecule has 3 nitrogen and oxygen atoms in total. The molecule has 0 unspecified atom stereocenters. The summed E-state index contributed by atoms with van der Waals surface area (Å²) in [5, 5.41) is 0. The molecule has 0 fully saturated rings. The summed E-state index contributed by atoms with van der Waals surface area (Å²) in [6, 6.07) is 5.56. The molecule has 88 valence electrons. The molecule has 0 N–H and O–H groups in total. The number of ketones is 1. The molecule has 0 aromatic heterocycles. The Kier molecular flexibility index (Phi) is 4.35. The van der Waals surface area contributed by atoms with Gasteiger partial charge in [0.05, 0.1) is 13.2 Å². The van der Waals surface area contributed by atoms with Crippen molar-refractivity contribution in [2.45, 2.75) is 33.3 Å². The van der Waals surface area contributed by atoms with Crippen molar-refractivity contribution in [2.75, 3.05) is 7.11 Å². The van der Waals surface area contributed by atoms with E-state index >= 15 is 0 Å². The number of hydrogen-bond acceptors (Lipinski definition) is 3. The number of carbonyl (C=O) groups excluding carboxylic acids is 1. The summed E-state index contributed by atoms with van der Waals surface area (Å²) in [6.07, 6.45) is 0.421. The lowest BCUT2D eigenvalue weighted by Gasteiger charge is -2.16. The zero-order chi connectivity index (χ0) is 12.1. The summed E-state index contributed by atoms with van der Waals surface area (Å²) >= 11 is 0. The van der Waals surface area contributed by atoms with Crippen molar-refractivity contribution in [3.8, 4) is 11.5 Å².